The van der Waals surface area contributed by atoms with Crippen LogP contribution in [0.15, 0.2) is 48.7 Å². The molecule has 1 fully saturated rings. The molecule has 6 heteroatoms. The highest BCUT2D eigenvalue weighted by Gasteiger charge is 2.24. The highest BCUT2D eigenvalue weighted by atomic mass is 32.1. The molecule has 0 saturated carbocycles. The normalized spacial score (nSPS) is 15.0. The third kappa shape index (κ3) is 2.73. The van der Waals surface area contributed by atoms with Crippen molar-refractivity contribution in [3.05, 3.63) is 59.4 Å². The van der Waals surface area contributed by atoms with Crippen LogP contribution in [0.1, 0.15) is 9.67 Å². The van der Waals surface area contributed by atoms with Gasteiger partial charge in [0.1, 0.15) is 11.6 Å². The van der Waals surface area contributed by atoms with E-state index in [4.69, 9.17) is 0 Å². The minimum atomic E-state index is -0.275. The van der Waals surface area contributed by atoms with Crippen LogP contribution in [-0.2, 0) is 0 Å². The Labute approximate surface area is 143 Å². The maximum Gasteiger partial charge on any atom is 0.264 e. The van der Waals surface area contributed by atoms with Gasteiger partial charge in [0.05, 0.1) is 4.88 Å². The van der Waals surface area contributed by atoms with E-state index in [1.165, 1.54) is 17.4 Å². The Hall–Kier alpha value is -2.47. The summed E-state index contributed by atoms with van der Waals surface area (Å²) in [7, 11) is 0. The molecular weight excluding hydrogens is 325 g/mol. The molecule has 0 N–H and O–H groups in total. The Bertz CT molecular complexity index is 872. The molecule has 0 atom stereocenters. The number of hydrogen-bond donors (Lipinski definition) is 0. The fourth-order valence-electron chi connectivity index (χ4n) is 2.97. The first-order valence-electron chi connectivity index (χ1n) is 7.86. The minimum absolute atomic E-state index is 0.0173. The molecule has 4 nitrogen and oxygen atoms in total. The zero-order valence-corrected chi connectivity index (χ0v) is 13.8. The van der Waals surface area contributed by atoms with Crippen molar-refractivity contribution in [2.75, 3.05) is 31.1 Å². The van der Waals surface area contributed by atoms with Gasteiger partial charge in [-0.25, -0.2) is 9.37 Å². The summed E-state index contributed by atoms with van der Waals surface area (Å²) in [5.41, 5.74) is 0. The summed E-state index contributed by atoms with van der Waals surface area (Å²) < 4.78 is 14.6. The van der Waals surface area contributed by atoms with Gasteiger partial charge in [0.2, 0.25) is 0 Å². The van der Waals surface area contributed by atoms with E-state index in [1.54, 1.807) is 18.3 Å². The highest BCUT2D eigenvalue weighted by Crippen LogP contribution is 2.28. The van der Waals surface area contributed by atoms with Gasteiger partial charge in [-0.2, -0.15) is 0 Å². The Balaban J connectivity index is 1.48. The number of thiophene rings is 1. The molecule has 4 rings (SSSR count). The van der Waals surface area contributed by atoms with Crippen molar-refractivity contribution in [3.8, 4) is 0 Å². The van der Waals surface area contributed by atoms with Gasteiger partial charge < -0.3 is 9.80 Å². The van der Waals surface area contributed by atoms with Crippen LogP contribution >= 0.6 is 11.3 Å². The quantitative estimate of drug-likeness (QED) is 0.717. The molecule has 1 amide bonds. The summed E-state index contributed by atoms with van der Waals surface area (Å²) in [6.45, 7) is 2.79. The third-order valence-corrected chi connectivity index (χ3v) is 5.35. The molecule has 0 unspecified atom stereocenters. The number of hydrogen-bond acceptors (Lipinski definition) is 4. The number of rotatable bonds is 2. The van der Waals surface area contributed by atoms with E-state index >= 15 is 0 Å². The highest BCUT2D eigenvalue weighted by molar-refractivity contribution is 7.20. The lowest BCUT2D eigenvalue weighted by atomic mass is 10.2. The van der Waals surface area contributed by atoms with Crippen LogP contribution in [0.3, 0.4) is 0 Å². The summed E-state index contributed by atoms with van der Waals surface area (Å²) in [6.07, 6.45) is 1.78. The molecule has 3 aromatic rings. The second-order valence-corrected chi connectivity index (χ2v) is 6.81. The van der Waals surface area contributed by atoms with Crippen molar-refractivity contribution in [1.82, 2.24) is 9.88 Å². The average Bonchev–Trinajstić information content (AvgIpc) is 3.08. The van der Waals surface area contributed by atoms with Gasteiger partial charge in [-0.05, 0) is 30.3 Å². The number of carbonyl (C=O) groups is 1. The van der Waals surface area contributed by atoms with Crippen molar-refractivity contribution in [2.45, 2.75) is 0 Å². The van der Waals surface area contributed by atoms with Gasteiger partial charge in [0, 0.05) is 42.5 Å². The van der Waals surface area contributed by atoms with Gasteiger partial charge >= 0.3 is 0 Å². The van der Waals surface area contributed by atoms with E-state index in [2.05, 4.69) is 9.88 Å². The zero-order chi connectivity index (χ0) is 16.5. The molecule has 1 aromatic carbocycles. The molecule has 3 heterocycles. The zero-order valence-electron chi connectivity index (χ0n) is 13.0. The Morgan fingerprint density at radius 2 is 1.92 bits per heavy atom. The molecule has 2 aromatic heterocycles. The lowest BCUT2D eigenvalue weighted by Crippen LogP contribution is -2.48. The average molecular weight is 341 g/mol. The molecule has 0 aliphatic carbocycles. The largest absolute Gasteiger partial charge is 0.353 e. The number of aromatic nitrogens is 1. The number of amides is 1. The Kier molecular flexibility index (Phi) is 3.90. The summed E-state index contributed by atoms with van der Waals surface area (Å²) >= 11 is 1.35. The molecule has 1 aliphatic heterocycles. The van der Waals surface area contributed by atoms with Crippen LogP contribution in [0.25, 0.3) is 10.1 Å². The Morgan fingerprint density at radius 3 is 2.62 bits per heavy atom. The fourth-order valence-corrected chi connectivity index (χ4v) is 4.01. The van der Waals surface area contributed by atoms with Crippen LogP contribution in [0.2, 0.25) is 0 Å². The number of pyridine rings is 1. The molecule has 0 radical (unpaired) electrons. The molecule has 1 aliphatic rings. The molecule has 122 valence electrons. The smallest absolute Gasteiger partial charge is 0.264 e. The van der Waals surface area contributed by atoms with Crippen LogP contribution in [0.4, 0.5) is 10.2 Å². The van der Waals surface area contributed by atoms with Gasteiger partial charge in [0.25, 0.3) is 5.91 Å². The summed E-state index contributed by atoms with van der Waals surface area (Å²) in [6, 6.07) is 12.5. The van der Waals surface area contributed by atoms with Gasteiger partial charge in [-0.15, -0.1) is 11.3 Å². The standard InChI is InChI=1S/C18H16FN3OS/c19-14-4-3-5-15-13(14)12-16(24-15)18(23)22-10-8-21(9-11-22)17-6-1-2-7-20-17/h1-7,12H,8-11H2. The topological polar surface area (TPSA) is 36.4 Å². The van der Waals surface area contributed by atoms with Crippen LogP contribution in [0, 0.1) is 5.82 Å². The maximum atomic E-state index is 13.8. The van der Waals surface area contributed by atoms with Crippen molar-refractivity contribution in [3.63, 3.8) is 0 Å². The predicted molar refractivity (Wildman–Crippen MR) is 94.1 cm³/mol. The number of piperazine rings is 1. The van der Waals surface area contributed by atoms with Gasteiger partial charge in [0.15, 0.2) is 0 Å². The summed E-state index contributed by atoms with van der Waals surface area (Å²) in [5.74, 6) is 0.646. The minimum Gasteiger partial charge on any atom is -0.353 e. The number of halogens is 1. The molecule has 1 saturated heterocycles. The second-order valence-electron chi connectivity index (χ2n) is 5.73. The van der Waals surface area contributed by atoms with E-state index in [0.29, 0.717) is 23.4 Å². The van der Waals surface area contributed by atoms with E-state index in [-0.39, 0.29) is 11.7 Å². The lowest BCUT2D eigenvalue weighted by molar-refractivity contribution is 0.0751. The maximum absolute atomic E-state index is 13.8. The molecule has 0 bridgehead atoms. The van der Waals surface area contributed by atoms with Crippen LogP contribution < -0.4 is 4.90 Å². The van der Waals surface area contributed by atoms with E-state index in [0.717, 1.165) is 23.6 Å². The third-order valence-electron chi connectivity index (χ3n) is 4.26. The molecular formula is C18H16FN3OS. The number of nitrogens with zero attached hydrogens (tertiary/aromatic N) is 3. The number of anilines is 1. The van der Waals surface area contributed by atoms with Crippen LogP contribution in [-0.4, -0.2) is 42.0 Å². The fraction of sp³-hybridized carbons (Fsp3) is 0.222. The lowest BCUT2D eigenvalue weighted by Gasteiger charge is -2.35. The first-order valence-corrected chi connectivity index (χ1v) is 8.67. The van der Waals surface area contributed by atoms with Crippen LogP contribution in [0.5, 0.6) is 0 Å². The Morgan fingerprint density at radius 1 is 1.08 bits per heavy atom. The van der Waals surface area contributed by atoms with Crippen molar-refractivity contribution >= 4 is 33.1 Å². The summed E-state index contributed by atoms with van der Waals surface area (Å²) in [4.78, 5) is 21.7. The van der Waals surface area contributed by atoms with E-state index in [9.17, 15) is 9.18 Å². The summed E-state index contributed by atoms with van der Waals surface area (Å²) in [5, 5.41) is 0.526. The molecule has 24 heavy (non-hydrogen) atoms. The molecule has 0 spiro atoms. The van der Waals surface area contributed by atoms with Crippen molar-refractivity contribution in [2.24, 2.45) is 0 Å². The number of fused-ring (bicyclic) bond motifs is 1. The van der Waals surface area contributed by atoms with Gasteiger partial charge in [-0.3, -0.25) is 4.79 Å². The van der Waals surface area contributed by atoms with Crippen molar-refractivity contribution in [1.29, 1.82) is 0 Å². The first kappa shape index (κ1) is 15.1. The SMILES string of the molecule is O=C(c1cc2c(F)cccc2s1)N1CCN(c2ccccn2)CC1. The number of benzene rings is 1. The first-order chi connectivity index (χ1) is 11.7. The van der Waals surface area contributed by atoms with E-state index < -0.39 is 0 Å². The van der Waals surface area contributed by atoms with Gasteiger partial charge in [-0.1, -0.05) is 12.1 Å². The number of carbonyl (C=O) groups excluding carboxylic acids is 1. The predicted octanol–water partition coefficient (Wildman–Crippen LogP) is 3.40. The van der Waals surface area contributed by atoms with E-state index in [1.807, 2.05) is 29.2 Å². The monoisotopic (exact) mass is 341 g/mol. The second kappa shape index (κ2) is 6.20. The van der Waals surface area contributed by atoms with Crippen molar-refractivity contribution < 1.29 is 9.18 Å².